The lowest BCUT2D eigenvalue weighted by Gasteiger charge is -2.12. The van der Waals surface area contributed by atoms with Gasteiger partial charge >= 0.3 is 11.9 Å². The number of β-amino-alcohol motifs (C(OH)–C–C–N with tert-alkyl or cyclic N) is 1. The van der Waals surface area contributed by atoms with Crippen LogP contribution in [0.25, 0.3) is 0 Å². The molecule has 0 spiro atoms. The Morgan fingerprint density at radius 2 is 1.94 bits per heavy atom. The number of hydrogen-bond acceptors (Lipinski definition) is 6. The predicted octanol–water partition coefficient (Wildman–Crippen LogP) is -1.47. The molecule has 2 heterocycles. The molecule has 0 aromatic rings. The summed E-state index contributed by atoms with van der Waals surface area (Å²) in [6.45, 7) is 1.16. The van der Waals surface area contributed by atoms with Crippen molar-refractivity contribution < 1.29 is 19.4 Å². The van der Waals surface area contributed by atoms with E-state index in [0.717, 1.165) is 13.0 Å². The van der Waals surface area contributed by atoms with Crippen molar-refractivity contribution in [1.29, 1.82) is 0 Å². The molecule has 3 atom stereocenters. The topological polar surface area (TPSA) is 87.7 Å². The largest absolute Gasteiger partial charge is 0.392 e. The van der Waals surface area contributed by atoms with Crippen molar-refractivity contribution in [2.24, 2.45) is 0 Å². The standard InChI is InChI=1S/C10H16N2O4/c13-6-4-8(12-5-6)10(15)16-9(14)7-2-1-3-11-7/h6-8,11-13H,1-5H2/t6?,7?,8-/m0/s1. The fourth-order valence-electron chi connectivity index (χ4n) is 2.02. The summed E-state index contributed by atoms with van der Waals surface area (Å²) in [7, 11) is 0. The second-order valence-electron chi connectivity index (χ2n) is 4.24. The molecule has 0 amide bonds. The smallest absolute Gasteiger partial charge is 0.330 e. The van der Waals surface area contributed by atoms with Crippen LogP contribution in [0.3, 0.4) is 0 Å². The highest BCUT2D eigenvalue weighted by Crippen LogP contribution is 2.11. The summed E-state index contributed by atoms with van der Waals surface area (Å²) in [5.41, 5.74) is 0. The van der Waals surface area contributed by atoms with Gasteiger partial charge in [-0.05, 0) is 19.4 Å². The van der Waals surface area contributed by atoms with Crippen molar-refractivity contribution >= 4 is 11.9 Å². The summed E-state index contributed by atoms with van der Waals surface area (Å²) >= 11 is 0. The monoisotopic (exact) mass is 228 g/mol. The summed E-state index contributed by atoms with van der Waals surface area (Å²) in [6, 6.07) is -0.907. The molecule has 0 aromatic carbocycles. The molecule has 0 aromatic heterocycles. The Hall–Kier alpha value is -0.980. The van der Waals surface area contributed by atoms with E-state index in [0.29, 0.717) is 19.4 Å². The molecular formula is C10H16N2O4. The molecule has 0 bridgehead atoms. The quantitative estimate of drug-likeness (QED) is 0.395. The van der Waals surface area contributed by atoms with E-state index in [-0.39, 0.29) is 6.04 Å². The van der Waals surface area contributed by atoms with Gasteiger partial charge in [0.25, 0.3) is 0 Å². The number of aliphatic hydroxyl groups excluding tert-OH is 1. The molecule has 0 aliphatic carbocycles. The van der Waals surface area contributed by atoms with Gasteiger partial charge in [-0.1, -0.05) is 0 Å². The van der Waals surface area contributed by atoms with Crippen molar-refractivity contribution in [3.63, 3.8) is 0 Å². The summed E-state index contributed by atoms with van der Waals surface area (Å²) in [4.78, 5) is 23.0. The first-order valence-electron chi connectivity index (χ1n) is 5.57. The summed E-state index contributed by atoms with van der Waals surface area (Å²) in [5.74, 6) is -1.10. The number of aliphatic hydroxyl groups is 1. The van der Waals surface area contributed by atoms with Crippen molar-refractivity contribution in [3.05, 3.63) is 0 Å². The summed E-state index contributed by atoms with van der Waals surface area (Å²) < 4.78 is 4.75. The van der Waals surface area contributed by atoms with Crippen LogP contribution in [0.15, 0.2) is 0 Å². The average molecular weight is 228 g/mol. The van der Waals surface area contributed by atoms with Gasteiger partial charge in [0.05, 0.1) is 6.10 Å². The summed E-state index contributed by atoms with van der Waals surface area (Å²) in [5, 5.41) is 15.0. The third-order valence-corrected chi connectivity index (χ3v) is 2.94. The van der Waals surface area contributed by atoms with Crippen molar-refractivity contribution in [1.82, 2.24) is 10.6 Å². The Bertz CT molecular complexity index is 289. The lowest BCUT2D eigenvalue weighted by molar-refractivity contribution is -0.162. The fourth-order valence-corrected chi connectivity index (χ4v) is 2.02. The second-order valence-corrected chi connectivity index (χ2v) is 4.24. The Morgan fingerprint density at radius 3 is 2.50 bits per heavy atom. The minimum absolute atomic E-state index is 0.310. The molecule has 6 nitrogen and oxygen atoms in total. The first-order chi connectivity index (χ1) is 7.66. The van der Waals surface area contributed by atoms with Gasteiger partial charge in [0.15, 0.2) is 0 Å². The van der Waals surface area contributed by atoms with E-state index in [4.69, 9.17) is 4.74 Å². The van der Waals surface area contributed by atoms with E-state index in [1.807, 2.05) is 0 Å². The Balaban J connectivity index is 1.80. The molecule has 3 N–H and O–H groups in total. The van der Waals surface area contributed by atoms with Crippen molar-refractivity contribution in [2.45, 2.75) is 37.5 Å². The van der Waals surface area contributed by atoms with Crippen molar-refractivity contribution in [2.75, 3.05) is 13.1 Å². The maximum absolute atomic E-state index is 11.5. The van der Waals surface area contributed by atoms with Crippen LogP contribution >= 0.6 is 0 Å². The van der Waals surface area contributed by atoms with E-state index in [9.17, 15) is 14.7 Å². The van der Waals surface area contributed by atoms with Crippen molar-refractivity contribution in [3.8, 4) is 0 Å². The van der Waals surface area contributed by atoms with Crippen LogP contribution in [-0.4, -0.2) is 48.3 Å². The van der Waals surface area contributed by atoms with Crippen LogP contribution < -0.4 is 10.6 Å². The SMILES string of the molecule is O=C(OC(=O)[C@@H]1CC(O)CN1)C1CCCN1. The molecule has 0 radical (unpaired) electrons. The molecule has 2 aliphatic rings. The predicted molar refractivity (Wildman–Crippen MR) is 54.5 cm³/mol. The van der Waals surface area contributed by atoms with E-state index in [1.54, 1.807) is 0 Å². The van der Waals surface area contributed by atoms with E-state index in [1.165, 1.54) is 0 Å². The number of carbonyl (C=O) groups is 2. The number of ether oxygens (including phenoxy) is 1. The average Bonchev–Trinajstić information content (AvgIpc) is 2.87. The van der Waals surface area contributed by atoms with Gasteiger partial charge in [0.2, 0.25) is 0 Å². The van der Waals surface area contributed by atoms with E-state index >= 15 is 0 Å². The number of hydrogen-bond donors (Lipinski definition) is 3. The zero-order chi connectivity index (χ0) is 11.5. The lowest BCUT2D eigenvalue weighted by atomic mass is 10.2. The van der Waals surface area contributed by atoms with Crippen LogP contribution in [0, 0.1) is 0 Å². The molecule has 2 aliphatic heterocycles. The third-order valence-electron chi connectivity index (χ3n) is 2.94. The van der Waals surface area contributed by atoms with Gasteiger partial charge in [0, 0.05) is 13.0 Å². The molecule has 16 heavy (non-hydrogen) atoms. The van der Waals surface area contributed by atoms with E-state index < -0.39 is 24.1 Å². The van der Waals surface area contributed by atoms with Gasteiger partial charge in [0.1, 0.15) is 12.1 Å². The Morgan fingerprint density at radius 1 is 1.19 bits per heavy atom. The Kier molecular flexibility index (Phi) is 3.52. The molecular weight excluding hydrogens is 212 g/mol. The molecule has 2 unspecified atom stereocenters. The number of nitrogens with one attached hydrogen (secondary N) is 2. The molecule has 90 valence electrons. The normalized spacial score (nSPS) is 33.9. The van der Waals surface area contributed by atoms with Gasteiger partial charge in [-0.25, -0.2) is 9.59 Å². The zero-order valence-electron chi connectivity index (χ0n) is 8.94. The maximum atomic E-state index is 11.5. The van der Waals surface area contributed by atoms with Gasteiger partial charge < -0.3 is 20.5 Å². The first kappa shape index (κ1) is 11.5. The van der Waals surface area contributed by atoms with Crippen LogP contribution in [0.5, 0.6) is 0 Å². The Labute approximate surface area is 93.3 Å². The highest BCUT2D eigenvalue weighted by Gasteiger charge is 2.33. The minimum atomic E-state index is -0.588. The summed E-state index contributed by atoms with van der Waals surface area (Å²) in [6.07, 6.45) is 1.42. The molecule has 2 saturated heterocycles. The second kappa shape index (κ2) is 4.90. The van der Waals surface area contributed by atoms with Crippen LogP contribution in [0.2, 0.25) is 0 Å². The van der Waals surface area contributed by atoms with Crippen LogP contribution in [0.1, 0.15) is 19.3 Å². The number of esters is 2. The molecule has 2 fully saturated rings. The van der Waals surface area contributed by atoms with Crippen LogP contribution in [0.4, 0.5) is 0 Å². The first-order valence-corrected chi connectivity index (χ1v) is 5.57. The zero-order valence-corrected chi connectivity index (χ0v) is 8.94. The lowest BCUT2D eigenvalue weighted by Crippen LogP contribution is -2.39. The highest BCUT2D eigenvalue weighted by atomic mass is 16.6. The molecule has 6 heteroatoms. The van der Waals surface area contributed by atoms with Gasteiger partial charge in [-0.3, -0.25) is 0 Å². The maximum Gasteiger partial charge on any atom is 0.330 e. The third kappa shape index (κ3) is 2.58. The number of carbonyl (C=O) groups excluding carboxylic acids is 2. The van der Waals surface area contributed by atoms with Crippen LogP contribution in [-0.2, 0) is 14.3 Å². The van der Waals surface area contributed by atoms with Gasteiger partial charge in [-0.2, -0.15) is 0 Å². The van der Waals surface area contributed by atoms with Gasteiger partial charge in [-0.15, -0.1) is 0 Å². The number of rotatable bonds is 2. The molecule has 0 saturated carbocycles. The fraction of sp³-hybridized carbons (Fsp3) is 0.800. The highest BCUT2D eigenvalue weighted by molar-refractivity contribution is 5.91. The van der Waals surface area contributed by atoms with E-state index in [2.05, 4.69) is 10.6 Å². The molecule has 2 rings (SSSR count). The minimum Gasteiger partial charge on any atom is -0.392 e.